The van der Waals surface area contributed by atoms with Crippen LogP contribution < -0.4 is 16.8 Å². The molecule has 0 fully saturated rings. The predicted molar refractivity (Wildman–Crippen MR) is 114 cm³/mol. The SMILES string of the molecule is CC(C)(CF)CC(C)(N)Nc1ccc2cc(-c3ccc(N)cc3)ccc2c1. The fourth-order valence-corrected chi connectivity index (χ4v) is 3.59. The summed E-state index contributed by atoms with van der Waals surface area (Å²) in [7, 11) is 0. The Labute approximate surface area is 160 Å². The van der Waals surface area contributed by atoms with Gasteiger partial charge in [0, 0.05) is 11.4 Å². The van der Waals surface area contributed by atoms with Crippen molar-refractivity contribution in [3.63, 3.8) is 0 Å². The van der Waals surface area contributed by atoms with Gasteiger partial charge in [-0.15, -0.1) is 0 Å². The van der Waals surface area contributed by atoms with Gasteiger partial charge >= 0.3 is 0 Å². The Kier molecular flexibility index (Phi) is 5.11. The van der Waals surface area contributed by atoms with Crippen LogP contribution in [-0.4, -0.2) is 12.3 Å². The van der Waals surface area contributed by atoms with E-state index in [-0.39, 0.29) is 0 Å². The molecule has 5 N–H and O–H groups in total. The maximum atomic E-state index is 13.2. The lowest BCUT2D eigenvalue weighted by Gasteiger charge is -2.34. The average Bonchev–Trinajstić information content (AvgIpc) is 2.60. The van der Waals surface area contributed by atoms with Crippen molar-refractivity contribution in [2.45, 2.75) is 32.9 Å². The first-order valence-corrected chi connectivity index (χ1v) is 9.20. The Balaban J connectivity index is 1.84. The number of nitrogens with two attached hydrogens (primary N) is 2. The molecule has 3 nitrogen and oxygen atoms in total. The molecule has 3 rings (SSSR count). The molecular formula is C23H28FN3. The molecule has 0 bridgehead atoms. The summed E-state index contributed by atoms with van der Waals surface area (Å²) in [6.45, 7) is 5.28. The second-order valence-corrected chi connectivity index (χ2v) is 8.42. The Morgan fingerprint density at radius 2 is 1.44 bits per heavy atom. The van der Waals surface area contributed by atoms with Crippen LogP contribution in [0, 0.1) is 5.41 Å². The number of nitrogen functional groups attached to an aromatic ring is 1. The summed E-state index contributed by atoms with van der Waals surface area (Å²) in [6, 6.07) is 20.4. The van der Waals surface area contributed by atoms with E-state index < -0.39 is 17.8 Å². The van der Waals surface area contributed by atoms with Gasteiger partial charge in [0.2, 0.25) is 0 Å². The van der Waals surface area contributed by atoms with E-state index >= 15 is 0 Å². The highest BCUT2D eigenvalue weighted by molar-refractivity contribution is 5.89. The lowest BCUT2D eigenvalue weighted by Crippen LogP contribution is -2.48. The Hall–Kier alpha value is -2.59. The van der Waals surface area contributed by atoms with Gasteiger partial charge in [-0.05, 0) is 71.0 Å². The molecule has 0 saturated heterocycles. The first-order chi connectivity index (χ1) is 12.7. The third-order valence-corrected chi connectivity index (χ3v) is 4.72. The molecule has 0 amide bonds. The van der Waals surface area contributed by atoms with Gasteiger partial charge in [-0.1, -0.05) is 44.2 Å². The van der Waals surface area contributed by atoms with Gasteiger partial charge in [0.25, 0.3) is 0 Å². The van der Waals surface area contributed by atoms with Crippen LogP contribution in [0.1, 0.15) is 27.2 Å². The maximum absolute atomic E-state index is 13.2. The van der Waals surface area contributed by atoms with Crippen LogP contribution in [0.15, 0.2) is 60.7 Å². The normalized spacial score (nSPS) is 14.1. The van der Waals surface area contributed by atoms with Gasteiger partial charge < -0.3 is 16.8 Å². The number of alkyl halides is 1. The second kappa shape index (κ2) is 7.20. The summed E-state index contributed by atoms with van der Waals surface area (Å²) >= 11 is 0. The molecule has 0 aliphatic rings. The molecule has 27 heavy (non-hydrogen) atoms. The van der Waals surface area contributed by atoms with E-state index in [1.165, 1.54) is 0 Å². The van der Waals surface area contributed by atoms with Crippen molar-refractivity contribution in [3.8, 4) is 11.1 Å². The van der Waals surface area contributed by atoms with E-state index in [0.717, 1.165) is 33.3 Å². The quantitative estimate of drug-likeness (QED) is 0.396. The summed E-state index contributed by atoms with van der Waals surface area (Å²) in [5, 5.41) is 5.63. The van der Waals surface area contributed by atoms with E-state index in [2.05, 4.69) is 35.6 Å². The average molecular weight is 365 g/mol. The molecule has 142 valence electrons. The van der Waals surface area contributed by atoms with Crippen molar-refractivity contribution in [1.29, 1.82) is 0 Å². The van der Waals surface area contributed by atoms with Gasteiger partial charge in [-0.2, -0.15) is 0 Å². The van der Waals surface area contributed by atoms with Crippen LogP contribution in [0.3, 0.4) is 0 Å². The van der Waals surface area contributed by atoms with Crippen LogP contribution in [0.25, 0.3) is 21.9 Å². The molecule has 0 aliphatic heterocycles. The fourth-order valence-electron chi connectivity index (χ4n) is 3.59. The summed E-state index contributed by atoms with van der Waals surface area (Å²) in [4.78, 5) is 0. The van der Waals surface area contributed by atoms with Crippen LogP contribution in [0.2, 0.25) is 0 Å². The summed E-state index contributed by atoms with van der Waals surface area (Å²) in [5.74, 6) is 0. The Bertz CT molecular complexity index is 930. The van der Waals surface area contributed by atoms with E-state index in [1.807, 2.05) is 51.1 Å². The predicted octanol–water partition coefficient (Wildman–Crippen LogP) is 5.56. The monoisotopic (exact) mass is 365 g/mol. The van der Waals surface area contributed by atoms with Crippen molar-refractivity contribution < 1.29 is 4.39 Å². The highest BCUT2D eigenvalue weighted by atomic mass is 19.1. The Morgan fingerprint density at radius 3 is 2.11 bits per heavy atom. The van der Waals surface area contributed by atoms with Crippen molar-refractivity contribution >= 4 is 22.1 Å². The third-order valence-electron chi connectivity index (χ3n) is 4.72. The Morgan fingerprint density at radius 1 is 0.852 bits per heavy atom. The van der Waals surface area contributed by atoms with E-state index in [1.54, 1.807) is 0 Å². The zero-order valence-electron chi connectivity index (χ0n) is 16.2. The van der Waals surface area contributed by atoms with Crippen LogP contribution >= 0.6 is 0 Å². The molecule has 1 atom stereocenters. The molecule has 4 heteroatoms. The van der Waals surface area contributed by atoms with Crippen molar-refractivity contribution in [3.05, 3.63) is 60.7 Å². The molecule has 0 spiro atoms. The lowest BCUT2D eigenvalue weighted by molar-refractivity contribution is 0.201. The standard InChI is InChI=1S/C23H28FN3/c1-22(2,15-24)14-23(3,26)27-21-11-8-18-12-17(4-5-19(18)13-21)16-6-9-20(25)10-7-16/h4-13,27H,14-15,25-26H2,1-3H3. The number of rotatable bonds is 6. The number of hydrogen-bond acceptors (Lipinski definition) is 3. The number of benzene rings is 3. The number of fused-ring (bicyclic) bond motifs is 1. The second-order valence-electron chi connectivity index (χ2n) is 8.42. The minimum absolute atomic E-state index is 0.396. The highest BCUT2D eigenvalue weighted by Gasteiger charge is 2.29. The van der Waals surface area contributed by atoms with Gasteiger partial charge in [-0.3, -0.25) is 4.39 Å². The lowest BCUT2D eigenvalue weighted by atomic mass is 9.84. The molecule has 0 heterocycles. The van der Waals surface area contributed by atoms with E-state index in [9.17, 15) is 4.39 Å². The van der Waals surface area contributed by atoms with Crippen LogP contribution in [0.4, 0.5) is 15.8 Å². The number of hydrogen-bond donors (Lipinski definition) is 3. The third kappa shape index (κ3) is 4.77. The molecule has 3 aromatic carbocycles. The summed E-state index contributed by atoms with van der Waals surface area (Å²) in [6.07, 6.45) is 0.532. The first kappa shape index (κ1) is 19.2. The molecule has 0 aliphatic carbocycles. The highest BCUT2D eigenvalue weighted by Crippen LogP contribution is 2.30. The molecule has 0 saturated carbocycles. The molecule has 3 aromatic rings. The minimum Gasteiger partial charge on any atom is -0.399 e. The number of nitrogens with one attached hydrogen (secondary N) is 1. The zero-order chi connectivity index (χ0) is 19.7. The number of halogens is 1. The van der Waals surface area contributed by atoms with Gasteiger partial charge in [-0.25, -0.2) is 0 Å². The molecule has 1 unspecified atom stereocenters. The van der Waals surface area contributed by atoms with Crippen molar-refractivity contribution in [1.82, 2.24) is 0 Å². The number of anilines is 2. The zero-order valence-corrected chi connectivity index (χ0v) is 16.2. The minimum atomic E-state index is -0.687. The van der Waals surface area contributed by atoms with Crippen molar-refractivity contribution in [2.24, 2.45) is 11.1 Å². The largest absolute Gasteiger partial charge is 0.399 e. The first-order valence-electron chi connectivity index (χ1n) is 9.20. The maximum Gasteiger partial charge on any atom is 0.0946 e. The molecule has 0 radical (unpaired) electrons. The fraction of sp³-hybridized carbons (Fsp3) is 0.304. The molecule has 0 aromatic heterocycles. The van der Waals surface area contributed by atoms with E-state index in [4.69, 9.17) is 11.5 Å². The summed E-state index contributed by atoms with van der Waals surface area (Å²) in [5.41, 5.74) is 15.0. The van der Waals surface area contributed by atoms with E-state index in [0.29, 0.717) is 6.42 Å². The van der Waals surface area contributed by atoms with Crippen LogP contribution in [-0.2, 0) is 0 Å². The summed E-state index contributed by atoms with van der Waals surface area (Å²) < 4.78 is 13.2. The van der Waals surface area contributed by atoms with Gasteiger partial charge in [0.15, 0.2) is 0 Å². The smallest absolute Gasteiger partial charge is 0.0946 e. The van der Waals surface area contributed by atoms with Gasteiger partial charge in [0.1, 0.15) is 0 Å². The molecular weight excluding hydrogens is 337 g/mol. The topological polar surface area (TPSA) is 64.1 Å². The van der Waals surface area contributed by atoms with Gasteiger partial charge in [0.05, 0.1) is 12.3 Å². The van der Waals surface area contributed by atoms with Crippen LogP contribution in [0.5, 0.6) is 0 Å². The van der Waals surface area contributed by atoms with Crippen molar-refractivity contribution in [2.75, 3.05) is 17.7 Å².